The lowest BCUT2D eigenvalue weighted by Crippen LogP contribution is -2.21. The van der Waals surface area contributed by atoms with E-state index in [0.29, 0.717) is 5.71 Å². The van der Waals surface area contributed by atoms with Crippen LogP contribution in [0, 0.1) is 20.8 Å². The van der Waals surface area contributed by atoms with Gasteiger partial charge in [-0.2, -0.15) is 5.10 Å². The van der Waals surface area contributed by atoms with E-state index in [2.05, 4.69) is 15.8 Å². The number of furan rings is 1. The lowest BCUT2D eigenvalue weighted by atomic mass is 10.0. The van der Waals surface area contributed by atoms with E-state index in [1.165, 1.54) is 12.3 Å². The first kappa shape index (κ1) is 17.5. The normalized spacial score (nSPS) is 11.2. The molecule has 126 valence electrons. The Labute approximate surface area is 140 Å². The zero-order valence-electron chi connectivity index (χ0n) is 14.3. The van der Waals surface area contributed by atoms with E-state index < -0.39 is 5.91 Å². The summed E-state index contributed by atoms with van der Waals surface area (Å²) in [6, 6.07) is 7.20. The average molecular weight is 327 g/mol. The molecule has 24 heavy (non-hydrogen) atoms. The van der Waals surface area contributed by atoms with Crippen molar-refractivity contribution in [2.24, 2.45) is 5.10 Å². The minimum Gasteiger partial charge on any atom is -0.459 e. The molecule has 0 atom stereocenters. The summed E-state index contributed by atoms with van der Waals surface area (Å²) in [4.78, 5) is 23.9. The largest absolute Gasteiger partial charge is 0.459 e. The zero-order valence-corrected chi connectivity index (χ0v) is 14.3. The number of carbonyl (C=O) groups excluding carboxylic acids is 2. The topological polar surface area (TPSA) is 83.7 Å². The predicted octanol–water partition coefficient (Wildman–Crippen LogP) is 3.34. The number of carbonyl (C=O) groups is 2. The molecular weight excluding hydrogens is 306 g/mol. The van der Waals surface area contributed by atoms with E-state index in [9.17, 15) is 9.59 Å². The molecule has 0 bridgehead atoms. The first-order valence-electron chi connectivity index (χ1n) is 7.61. The summed E-state index contributed by atoms with van der Waals surface area (Å²) in [7, 11) is 0. The van der Waals surface area contributed by atoms with Crippen LogP contribution in [0.3, 0.4) is 0 Å². The van der Waals surface area contributed by atoms with Gasteiger partial charge in [-0.3, -0.25) is 9.59 Å². The zero-order chi connectivity index (χ0) is 17.7. The Bertz CT molecular complexity index is 754. The standard InChI is InChI=1S/C18H21N3O3/c1-11-8-12(2)17(13(3)9-11)19-16(22)10-14(4)20-21-18(23)15-6-5-7-24-15/h5-9H,10H2,1-4H3,(H,19,22)(H,21,23). The third-order valence-corrected chi connectivity index (χ3v) is 3.45. The number of aryl methyl sites for hydroxylation is 3. The van der Waals surface area contributed by atoms with Crippen LogP contribution >= 0.6 is 0 Å². The van der Waals surface area contributed by atoms with E-state index in [0.717, 1.165) is 22.4 Å². The molecule has 0 radical (unpaired) electrons. The van der Waals surface area contributed by atoms with E-state index in [1.54, 1.807) is 13.0 Å². The van der Waals surface area contributed by atoms with E-state index >= 15 is 0 Å². The van der Waals surface area contributed by atoms with Gasteiger partial charge >= 0.3 is 5.91 Å². The molecule has 0 unspecified atom stereocenters. The van der Waals surface area contributed by atoms with Gasteiger partial charge in [0.1, 0.15) is 0 Å². The van der Waals surface area contributed by atoms with Gasteiger partial charge in [-0.1, -0.05) is 17.7 Å². The van der Waals surface area contributed by atoms with Crippen molar-refractivity contribution in [1.82, 2.24) is 5.43 Å². The van der Waals surface area contributed by atoms with Crippen LogP contribution in [0.1, 0.15) is 40.6 Å². The summed E-state index contributed by atoms with van der Waals surface area (Å²) in [5.41, 5.74) is 6.86. The van der Waals surface area contributed by atoms with Crippen LogP contribution in [-0.2, 0) is 4.79 Å². The van der Waals surface area contributed by atoms with Gasteiger partial charge in [-0.05, 0) is 51.0 Å². The molecule has 6 heteroatoms. The number of hydrogen-bond acceptors (Lipinski definition) is 4. The summed E-state index contributed by atoms with van der Waals surface area (Å²) in [6.07, 6.45) is 1.50. The third kappa shape index (κ3) is 4.55. The molecule has 0 aliphatic carbocycles. The van der Waals surface area contributed by atoms with Crippen LogP contribution in [0.5, 0.6) is 0 Å². The number of amides is 2. The molecule has 2 amide bonds. The lowest BCUT2D eigenvalue weighted by Gasteiger charge is -2.12. The van der Waals surface area contributed by atoms with Crippen molar-refractivity contribution in [3.05, 3.63) is 53.0 Å². The number of nitrogens with zero attached hydrogens (tertiary/aromatic N) is 1. The van der Waals surface area contributed by atoms with Gasteiger partial charge in [-0.15, -0.1) is 0 Å². The van der Waals surface area contributed by atoms with Crippen molar-refractivity contribution in [3.63, 3.8) is 0 Å². The van der Waals surface area contributed by atoms with Gasteiger partial charge in [0.05, 0.1) is 12.7 Å². The molecule has 1 aromatic heterocycles. The van der Waals surface area contributed by atoms with Crippen molar-refractivity contribution < 1.29 is 14.0 Å². The highest BCUT2D eigenvalue weighted by Gasteiger charge is 2.11. The summed E-state index contributed by atoms with van der Waals surface area (Å²) in [5, 5.41) is 6.82. The number of hydrazone groups is 1. The third-order valence-electron chi connectivity index (χ3n) is 3.45. The molecule has 0 spiro atoms. The Morgan fingerprint density at radius 2 is 1.83 bits per heavy atom. The van der Waals surface area contributed by atoms with Gasteiger partial charge < -0.3 is 9.73 Å². The van der Waals surface area contributed by atoms with E-state index in [-0.39, 0.29) is 18.1 Å². The molecule has 0 saturated carbocycles. The Morgan fingerprint density at radius 1 is 1.17 bits per heavy atom. The van der Waals surface area contributed by atoms with Crippen molar-refractivity contribution in [1.29, 1.82) is 0 Å². The molecule has 0 saturated heterocycles. The summed E-state index contributed by atoms with van der Waals surface area (Å²) in [5.74, 6) is -0.467. The van der Waals surface area contributed by atoms with Crippen LogP contribution in [0.2, 0.25) is 0 Å². The maximum absolute atomic E-state index is 12.2. The predicted molar refractivity (Wildman–Crippen MR) is 93.2 cm³/mol. The first-order valence-corrected chi connectivity index (χ1v) is 7.61. The second-order valence-electron chi connectivity index (χ2n) is 5.76. The van der Waals surface area contributed by atoms with Crippen LogP contribution in [0.15, 0.2) is 40.0 Å². The smallest absolute Gasteiger partial charge is 0.307 e. The molecule has 0 aliphatic heterocycles. The Kier molecular flexibility index (Phi) is 5.52. The SMILES string of the molecule is CC(CC(=O)Nc1c(C)cc(C)cc1C)=NNC(=O)c1ccco1. The highest BCUT2D eigenvalue weighted by atomic mass is 16.3. The van der Waals surface area contributed by atoms with Crippen molar-refractivity contribution in [2.45, 2.75) is 34.1 Å². The molecule has 1 heterocycles. The molecule has 2 N–H and O–H groups in total. The molecule has 2 rings (SSSR count). The Hall–Kier alpha value is -2.89. The number of benzene rings is 1. The molecule has 0 aliphatic rings. The number of nitrogens with one attached hydrogen (secondary N) is 2. The van der Waals surface area contributed by atoms with Crippen molar-refractivity contribution in [3.8, 4) is 0 Å². The fourth-order valence-corrected chi connectivity index (χ4v) is 2.44. The maximum atomic E-state index is 12.2. The molecule has 6 nitrogen and oxygen atoms in total. The number of hydrogen-bond donors (Lipinski definition) is 2. The van der Waals surface area contributed by atoms with Crippen molar-refractivity contribution >= 4 is 23.2 Å². The Morgan fingerprint density at radius 3 is 2.42 bits per heavy atom. The highest BCUT2D eigenvalue weighted by Crippen LogP contribution is 2.22. The maximum Gasteiger partial charge on any atom is 0.307 e. The van der Waals surface area contributed by atoms with Gasteiger partial charge in [0, 0.05) is 11.4 Å². The monoisotopic (exact) mass is 327 g/mol. The van der Waals surface area contributed by atoms with E-state index in [4.69, 9.17) is 4.42 Å². The van der Waals surface area contributed by atoms with Crippen LogP contribution in [0.4, 0.5) is 5.69 Å². The minimum absolute atomic E-state index is 0.0885. The molecule has 1 aromatic carbocycles. The fraction of sp³-hybridized carbons (Fsp3) is 0.278. The summed E-state index contributed by atoms with van der Waals surface area (Å²) in [6.45, 7) is 7.61. The molecule has 2 aromatic rings. The molecular formula is C18H21N3O3. The Balaban J connectivity index is 1.94. The number of anilines is 1. The first-order chi connectivity index (χ1) is 11.4. The fourth-order valence-electron chi connectivity index (χ4n) is 2.44. The molecule has 0 fully saturated rings. The average Bonchev–Trinajstić information content (AvgIpc) is 3.03. The van der Waals surface area contributed by atoms with Crippen LogP contribution in [0.25, 0.3) is 0 Å². The summed E-state index contributed by atoms with van der Waals surface area (Å²) >= 11 is 0. The van der Waals surface area contributed by atoms with Gasteiger partial charge in [0.2, 0.25) is 5.91 Å². The quantitative estimate of drug-likeness (QED) is 0.652. The van der Waals surface area contributed by atoms with Crippen molar-refractivity contribution in [2.75, 3.05) is 5.32 Å². The van der Waals surface area contributed by atoms with Crippen LogP contribution < -0.4 is 10.7 Å². The lowest BCUT2D eigenvalue weighted by molar-refractivity contribution is -0.115. The van der Waals surface area contributed by atoms with Gasteiger partial charge in [0.15, 0.2) is 5.76 Å². The minimum atomic E-state index is -0.454. The summed E-state index contributed by atoms with van der Waals surface area (Å²) < 4.78 is 4.96. The second kappa shape index (κ2) is 7.59. The second-order valence-corrected chi connectivity index (χ2v) is 5.76. The number of rotatable bonds is 5. The van der Waals surface area contributed by atoms with Crippen LogP contribution in [-0.4, -0.2) is 17.5 Å². The highest BCUT2D eigenvalue weighted by molar-refractivity contribution is 6.06. The van der Waals surface area contributed by atoms with Gasteiger partial charge in [0.25, 0.3) is 0 Å². The van der Waals surface area contributed by atoms with Gasteiger partial charge in [-0.25, -0.2) is 5.43 Å². The van der Waals surface area contributed by atoms with E-state index in [1.807, 2.05) is 32.9 Å².